The molecule has 27 heavy (non-hydrogen) atoms. The first-order chi connectivity index (χ1) is 12.9. The number of fused-ring (bicyclic) bond motifs is 5. The van der Waals surface area contributed by atoms with Gasteiger partial charge in [-0.3, -0.25) is 9.78 Å². The third-order valence-electron chi connectivity index (χ3n) is 8.48. The summed E-state index contributed by atoms with van der Waals surface area (Å²) in [7, 11) is 2.20. The van der Waals surface area contributed by atoms with Gasteiger partial charge in [-0.05, 0) is 66.1 Å². The first-order valence-corrected chi connectivity index (χ1v) is 10.5. The molecule has 0 radical (unpaired) electrons. The van der Waals surface area contributed by atoms with Crippen molar-refractivity contribution in [2.45, 2.75) is 46.0 Å². The molecule has 3 nitrogen and oxygen atoms in total. The molecule has 5 atom stereocenters. The Morgan fingerprint density at radius 1 is 1.19 bits per heavy atom. The van der Waals surface area contributed by atoms with Gasteiger partial charge in [0.25, 0.3) is 0 Å². The summed E-state index contributed by atoms with van der Waals surface area (Å²) in [5.41, 5.74) is 4.56. The second-order valence-corrected chi connectivity index (χ2v) is 9.72. The van der Waals surface area contributed by atoms with Crippen LogP contribution in [0.4, 0.5) is 0 Å². The average Bonchev–Trinajstić information content (AvgIpc) is 3.01. The van der Waals surface area contributed by atoms with Crippen LogP contribution in [0, 0.1) is 28.6 Å². The fourth-order valence-corrected chi connectivity index (χ4v) is 7.11. The van der Waals surface area contributed by atoms with Gasteiger partial charge in [0.1, 0.15) is 0 Å². The van der Waals surface area contributed by atoms with Crippen LogP contribution >= 0.6 is 0 Å². The molecule has 3 heteroatoms. The van der Waals surface area contributed by atoms with E-state index in [2.05, 4.69) is 49.0 Å². The van der Waals surface area contributed by atoms with E-state index in [-0.39, 0.29) is 10.8 Å². The molecule has 0 bridgehead atoms. The molecule has 5 rings (SSSR count). The summed E-state index contributed by atoms with van der Waals surface area (Å²) in [6.45, 7) is 6.03. The van der Waals surface area contributed by atoms with Gasteiger partial charge in [-0.15, -0.1) is 0 Å². The van der Waals surface area contributed by atoms with Crippen LogP contribution in [0.2, 0.25) is 0 Å². The second-order valence-electron chi connectivity index (χ2n) is 9.72. The van der Waals surface area contributed by atoms with Crippen molar-refractivity contribution in [3.8, 4) is 0 Å². The largest absolute Gasteiger partial charge is 0.377 e. The summed E-state index contributed by atoms with van der Waals surface area (Å²) in [5.74, 6) is 2.42. The summed E-state index contributed by atoms with van der Waals surface area (Å²) in [6, 6.07) is 4.28. The van der Waals surface area contributed by atoms with Crippen molar-refractivity contribution in [3.63, 3.8) is 0 Å². The van der Waals surface area contributed by atoms with E-state index in [0.717, 1.165) is 19.4 Å². The van der Waals surface area contributed by atoms with Crippen molar-refractivity contribution < 1.29 is 4.79 Å². The number of allylic oxidation sites excluding steroid dienone is 4. The maximum atomic E-state index is 12.1. The molecule has 2 heterocycles. The van der Waals surface area contributed by atoms with Crippen LogP contribution in [0.1, 0.15) is 51.5 Å². The van der Waals surface area contributed by atoms with E-state index in [1.807, 2.05) is 18.5 Å². The topological polar surface area (TPSA) is 33.2 Å². The number of rotatable bonds is 1. The van der Waals surface area contributed by atoms with Crippen LogP contribution in [0.5, 0.6) is 0 Å². The molecular formula is C24H30N2O. The number of hydrogen-bond acceptors (Lipinski definition) is 3. The Morgan fingerprint density at radius 2 is 2.04 bits per heavy atom. The van der Waals surface area contributed by atoms with Crippen molar-refractivity contribution in [2.24, 2.45) is 28.6 Å². The maximum Gasteiger partial charge on any atom is 0.157 e. The Morgan fingerprint density at radius 3 is 2.81 bits per heavy atom. The maximum absolute atomic E-state index is 12.1. The minimum Gasteiger partial charge on any atom is -0.377 e. The molecule has 0 amide bonds. The summed E-state index contributed by atoms with van der Waals surface area (Å²) < 4.78 is 0. The smallest absolute Gasteiger partial charge is 0.157 e. The number of likely N-dealkylation sites (tertiary alicyclic amines) is 1. The molecule has 0 spiro atoms. The summed E-state index contributed by atoms with van der Waals surface area (Å²) >= 11 is 0. The van der Waals surface area contributed by atoms with Gasteiger partial charge in [-0.25, -0.2) is 0 Å². The first-order valence-electron chi connectivity index (χ1n) is 10.5. The Kier molecular flexibility index (Phi) is 3.70. The lowest BCUT2D eigenvalue weighted by Crippen LogP contribution is -2.56. The lowest BCUT2D eigenvalue weighted by Gasteiger charge is -2.60. The van der Waals surface area contributed by atoms with Crippen LogP contribution in [0.3, 0.4) is 0 Å². The fourth-order valence-electron chi connectivity index (χ4n) is 7.11. The summed E-state index contributed by atoms with van der Waals surface area (Å²) in [5, 5.41) is 0. The molecule has 1 saturated carbocycles. The predicted octanol–water partition coefficient (Wildman–Crippen LogP) is 4.72. The monoisotopic (exact) mass is 362 g/mol. The highest BCUT2D eigenvalue weighted by Gasteiger charge is 2.58. The Hall–Kier alpha value is -1.90. The Bertz CT molecular complexity index is 841. The van der Waals surface area contributed by atoms with Gasteiger partial charge < -0.3 is 4.90 Å². The van der Waals surface area contributed by atoms with E-state index in [1.165, 1.54) is 36.1 Å². The van der Waals surface area contributed by atoms with Crippen molar-refractivity contribution in [1.29, 1.82) is 0 Å². The highest BCUT2D eigenvalue weighted by Crippen LogP contribution is 2.65. The van der Waals surface area contributed by atoms with Crippen LogP contribution in [-0.4, -0.2) is 29.3 Å². The predicted molar refractivity (Wildman–Crippen MR) is 108 cm³/mol. The number of ketones is 1. The van der Waals surface area contributed by atoms with Crippen LogP contribution in [-0.2, 0) is 4.79 Å². The van der Waals surface area contributed by atoms with Crippen LogP contribution < -0.4 is 0 Å². The zero-order valence-electron chi connectivity index (χ0n) is 16.7. The normalized spacial score (nSPS) is 40.6. The fraction of sp³-hybridized carbons (Fsp3) is 0.583. The van der Waals surface area contributed by atoms with Crippen molar-refractivity contribution in [1.82, 2.24) is 9.88 Å². The zero-order valence-corrected chi connectivity index (χ0v) is 16.7. The van der Waals surface area contributed by atoms with Crippen LogP contribution in [0.15, 0.2) is 42.4 Å². The molecule has 1 aromatic heterocycles. The SMILES string of the molecule is CN1C[C@H]2[C@H](CC[C@]3(C)C(c4cccnc4)=CC[C@@H]23)[C@@]2(C)CCC(=O)C=C12. The Labute approximate surface area is 162 Å². The molecule has 1 aromatic rings. The lowest BCUT2D eigenvalue weighted by atomic mass is 9.49. The third kappa shape index (κ3) is 2.33. The van der Waals surface area contributed by atoms with E-state index < -0.39 is 0 Å². The summed E-state index contributed by atoms with van der Waals surface area (Å²) in [6.07, 6.45) is 13.8. The zero-order chi connectivity index (χ0) is 18.8. The summed E-state index contributed by atoms with van der Waals surface area (Å²) in [4.78, 5) is 18.9. The molecule has 0 aromatic carbocycles. The van der Waals surface area contributed by atoms with Crippen molar-refractivity contribution >= 4 is 11.4 Å². The van der Waals surface area contributed by atoms with Gasteiger partial charge in [0.05, 0.1) is 0 Å². The van der Waals surface area contributed by atoms with E-state index in [1.54, 1.807) is 0 Å². The number of nitrogens with zero attached hydrogens (tertiary/aromatic N) is 2. The van der Waals surface area contributed by atoms with Gasteiger partial charge in [-0.2, -0.15) is 0 Å². The van der Waals surface area contributed by atoms with Crippen LogP contribution in [0.25, 0.3) is 5.57 Å². The average molecular weight is 363 g/mol. The number of hydrogen-bond donors (Lipinski definition) is 0. The highest BCUT2D eigenvalue weighted by atomic mass is 16.1. The number of pyridine rings is 1. The van der Waals surface area contributed by atoms with E-state index in [4.69, 9.17) is 0 Å². The quantitative estimate of drug-likeness (QED) is 0.725. The molecule has 1 aliphatic heterocycles. The molecular weight excluding hydrogens is 332 g/mol. The number of aromatic nitrogens is 1. The molecule has 142 valence electrons. The Balaban J connectivity index is 1.51. The van der Waals surface area contributed by atoms with Gasteiger partial charge in [0, 0.05) is 49.6 Å². The second kappa shape index (κ2) is 5.80. The molecule has 4 aliphatic rings. The van der Waals surface area contributed by atoms with Crippen molar-refractivity contribution in [3.05, 3.63) is 47.9 Å². The van der Waals surface area contributed by atoms with Crippen molar-refractivity contribution in [2.75, 3.05) is 13.6 Å². The van der Waals surface area contributed by atoms with Gasteiger partial charge in [0.2, 0.25) is 0 Å². The molecule has 1 saturated heterocycles. The third-order valence-corrected chi connectivity index (χ3v) is 8.48. The van der Waals surface area contributed by atoms with E-state index in [9.17, 15) is 4.79 Å². The van der Waals surface area contributed by atoms with E-state index in [0.29, 0.717) is 23.5 Å². The number of piperidine rings is 1. The van der Waals surface area contributed by atoms with E-state index >= 15 is 0 Å². The van der Waals surface area contributed by atoms with Gasteiger partial charge in [0.15, 0.2) is 5.78 Å². The minimum absolute atomic E-state index is 0.171. The molecule has 0 N–H and O–H groups in total. The van der Waals surface area contributed by atoms with Gasteiger partial charge in [-0.1, -0.05) is 26.0 Å². The highest BCUT2D eigenvalue weighted by molar-refractivity contribution is 5.91. The first kappa shape index (κ1) is 17.2. The number of carbonyl (C=O) groups excluding carboxylic acids is 1. The van der Waals surface area contributed by atoms with Gasteiger partial charge >= 0.3 is 0 Å². The molecule has 3 aliphatic carbocycles. The molecule has 0 unspecified atom stereocenters. The lowest BCUT2D eigenvalue weighted by molar-refractivity contribution is -0.118. The standard InChI is InChI=1S/C24H30N2O/c1-23-11-9-21-18(15-26(3)22-13-17(27)8-10-24(21,22)2)20(23)7-6-19(23)16-5-4-12-25-14-16/h4-6,12-14,18,20-21H,7-11,15H2,1-3H3/t18-,20+,21+,23-,24-/m1/s1. The molecule has 2 fully saturated rings. The number of carbonyl (C=O) groups is 1. The minimum atomic E-state index is 0.171.